The molecule has 94 valence electrons. The molecule has 0 spiro atoms. The number of aliphatic hydroxyl groups excluding tert-OH is 1. The van der Waals surface area contributed by atoms with E-state index in [0.29, 0.717) is 25.0 Å². The minimum atomic E-state index is 0.0749. The average Bonchev–Trinajstić information content (AvgIpc) is 3.07. The molecule has 0 heterocycles. The maximum absolute atomic E-state index is 11.5. The molecule has 1 saturated carbocycles. The largest absolute Gasteiger partial charge is 0.396 e. The van der Waals surface area contributed by atoms with Gasteiger partial charge < -0.3 is 15.7 Å². The highest BCUT2D eigenvalue weighted by Crippen LogP contribution is 2.17. The lowest BCUT2D eigenvalue weighted by atomic mass is 10.0. The Balaban J connectivity index is 2.06. The van der Waals surface area contributed by atoms with Crippen molar-refractivity contribution in [2.24, 2.45) is 5.92 Å². The van der Waals surface area contributed by atoms with Gasteiger partial charge in [0.05, 0.1) is 6.54 Å². The van der Waals surface area contributed by atoms with Crippen molar-refractivity contribution in [3.05, 3.63) is 0 Å². The van der Waals surface area contributed by atoms with E-state index in [9.17, 15) is 4.79 Å². The van der Waals surface area contributed by atoms with Crippen molar-refractivity contribution in [1.82, 2.24) is 10.6 Å². The van der Waals surface area contributed by atoms with Gasteiger partial charge in [0.25, 0.3) is 0 Å². The second-order valence-electron chi connectivity index (χ2n) is 4.63. The minimum absolute atomic E-state index is 0.0749. The summed E-state index contributed by atoms with van der Waals surface area (Å²) in [5, 5.41) is 15.0. The zero-order valence-electron chi connectivity index (χ0n) is 10.2. The first-order chi connectivity index (χ1) is 7.76. The number of nitrogens with one attached hydrogen (secondary N) is 2. The number of amides is 1. The molecule has 0 saturated heterocycles. The lowest BCUT2D eigenvalue weighted by molar-refractivity contribution is -0.120. The van der Waals surface area contributed by atoms with Gasteiger partial charge in [-0.15, -0.1) is 0 Å². The fourth-order valence-electron chi connectivity index (χ4n) is 1.78. The van der Waals surface area contributed by atoms with E-state index in [1.807, 2.05) is 0 Å². The summed E-state index contributed by atoms with van der Waals surface area (Å²) in [6.07, 6.45) is 5.36. The molecule has 16 heavy (non-hydrogen) atoms. The predicted octanol–water partition coefficient (Wildman–Crippen LogP) is 0.653. The summed E-state index contributed by atoms with van der Waals surface area (Å²) in [4.78, 5) is 11.5. The zero-order valence-corrected chi connectivity index (χ0v) is 10.2. The molecular weight excluding hydrogens is 204 g/mol. The van der Waals surface area contributed by atoms with Crippen molar-refractivity contribution < 1.29 is 9.90 Å². The Morgan fingerprint density at radius 2 is 2.19 bits per heavy atom. The second kappa shape index (κ2) is 7.63. The summed E-state index contributed by atoms with van der Waals surface area (Å²) < 4.78 is 0. The molecule has 1 unspecified atom stereocenters. The summed E-state index contributed by atoms with van der Waals surface area (Å²) in [7, 11) is 0. The fraction of sp³-hybridized carbons (Fsp3) is 0.917. The standard InChI is InChI=1S/C12H24N2O2/c1-2-3-10(6-7-15)8-14-12(16)9-13-11-4-5-11/h10-11,13,15H,2-9H2,1H3,(H,14,16). The van der Waals surface area contributed by atoms with Crippen LogP contribution in [0.4, 0.5) is 0 Å². The Bertz CT molecular complexity index is 199. The van der Waals surface area contributed by atoms with E-state index < -0.39 is 0 Å². The van der Waals surface area contributed by atoms with Crippen molar-refractivity contribution >= 4 is 5.91 Å². The average molecular weight is 228 g/mol. The Kier molecular flexibility index (Phi) is 6.42. The molecule has 1 aliphatic carbocycles. The first-order valence-electron chi connectivity index (χ1n) is 6.37. The van der Waals surface area contributed by atoms with Crippen molar-refractivity contribution in [2.45, 2.75) is 45.1 Å². The number of rotatable bonds is 9. The molecule has 3 N–H and O–H groups in total. The van der Waals surface area contributed by atoms with Gasteiger partial charge in [-0.3, -0.25) is 4.79 Å². The quantitative estimate of drug-likeness (QED) is 0.543. The van der Waals surface area contributed by atoms with E-state index >= 15 is 0 Å². The Morgan fingerprint density at radius 1 is 1.44 bits per heavy atom. The molecule has 0 aromatic rings. The molecule has 4 nitrogen and oxygen atoms in total. The predicted molar refractivity (Wildman–Crippen MR) is 64.1 cm³/mol. The molecule has 1 atom stereocenters. The van der Waals surface area contributed by atoms with Gasteiger partial charge >= 0.3 is 0 Å². The summed E-state index contributed by atoms with van der Waals surface area (Å²) >= 11 is 0. The first kappa shape index (κ1) is 13.5. The number of hydrogen-bond donors (Lipinski definition) is 3. The summed E-state index contributed by atoms with van der Waals surface area (Å²) in [6.45, 7) is 3.46. The van der Waals surface area contributed by atoms with Crippen molar-refractivity contribution in [3.8, 4) is 0 Å². The van der Waals surface area contributed by atoms with Crippen LogP contribution in [-0.2, 0) is 4.79 Å². The third kappa shape index (κ3) is 6.08. The molecule has 1 amide bonds. The maximum atomic E-state index is 11.5. The van der Waals surface area contributed by atoms with E-state index in [4.69, 9.17) is 5.11 Å². The number of carbonyl (C=O) groups is 1. The third-order valence-corrected chi connectivity index (χ3v) is 2.95. The molecule has 0 aromatic heterocycles. The van der Waals surface area contributed by atoms with Gasteiger partial charge in [0.15, 0.2) is 0 Å². The van der Waals surface area contributed by atoms with Crippen LogP contribution in [0.3, 0.4) is 0 Å². The van der Waals surface area contributed by atoms with Crippen LogP contribution in [0, 0.1) is 5.92 Å². The van der Waals surface area contributed by atoms with Crippen LogP contribution in [0.15, 0.2) is 0 Å². The molecule has 0 aromatic carbocycles. The van der Waals surface area contributed by atoms with E-state index in [1.165, 1.54) is 12.8 Å². The topological polar surface area (TPSA) is 61.4 Å². The monoisotopic (exact) mass is 228 g/mol. The van der Waals surface area contributed by atoms with Gasteiger partial charge in [-0.25, -0.2) is 0 Å². The molecule has 4 heteroatoms. The highest BCUT2D eigenvalue weighted by atomic mass is 16.3. The number of hydrogen-bond acceptors (Lipinski definition) is 3. The van der Waals surface area contributed by atoms with Gasteiger partial charge in [-0.1, -0.05) is 13.3 Å². The van der Waals surface area contributed by atoms with Gasteiger partial charge in [-0.05, 0) is 31.6 Å². The zero-order chi connectivity index (χ0) is 11.8. The molecule has 0 radical (unpaired) electrons. The number of carbonyl (C=O) groups excluding carboxylic acids is 1. The van der Waals surface area contributed by atoms with Crippen LogP contribution in [-0.4, -0.2) is 36.8 Å². The van der Waals surface area contributed by atoms with E-state index in [2.05, 4.69) is 17.6 Å². The van der Waals surface area contributed by atoms with Crippen LogP contribution in [0.25, 0.3) is 0 Å². The highest BCUT2D eigenvalue weighted by molar-refractivity contribution is 5.78. The normalized spacial score (nSPS) is 17.1. The third-order valence-electron chi connectivity index (χ3n) is 2.95. The van der Waals surface area contributed by atoms with E-state index in [-0.39, 0.29) is 12.5 Å². The lowest BCUT2D eigenvalue weighted by Crippen LogP contribution is -2.37. The fourth-order valence-corrected chi connectivity index (χ4v) is 1.78. The molecular formula is C12H24N2O2. The second-order valence-corrected chi connectivity index (χ2v) is 4.63. The first-order valence-corrected chi connectivity index (χ1v) is 6.37. The summed E-state index contributed by atoms with van der Waals surface area (Å²) in [5.74, 6) is 0.491. The van der Waals surface area contributed by atoms with Crippen molar-refractivity contribution in [2.75, 3.05) is 19.7 Å². The molecule has 0 aliphatic heterocycles. The maximum Gasteiger partial charge on any atom is 0.233 e. The van der Waals surface area contributed by atoms with E-state index in [0.717, 1.165) is 19.3 Å². The van der Waals surface area contributed by atoms with Gasteiger partial charge in [0, 0.05) is 19.2 Å². The lowest BCUT2D eigenvalue weighted by Gasteiger charge is -2.15. The minimum Gasteiger partial charge on any atom is -0.396 e. The Labute approximate surface area is 97.8 Å². The summed E-state index contributed by atoms with van der Waals surface area (Å²) in [5.41, 5.74) is 0. The Hall–Kier alpha value is -0.610. The number of aliphatic hydroxyl groups is 1. The SMILES string of the molecule is CCCC(CCO)CNC(=O)CNC1CC1. The van der Waals surface area contributed by atoms with Crippen LogP contribution in [0.2, 0.25) is 0 Å². The highest BCUT2D eigenvalue weighted by Gasteiger charge is 2.21. The van der Waals surface area contributed by atoms with Gasteiger partial charge in [0.1, 0.15) is 0 Å². The molecule has 1 fully saturated rings. The summed E-state index contributed by atoms with van der Waals surface area (Å²) in [6, 6.07) is 0.578. The molecule has 0 bridgehead atoms. The van der Waals surface area contributed by atoms with Crippen molar-refractivity contribution in [1.29, 1.82) is 0 Å². The van der Waals surface area contributed by atoms with Gasteiger partial charge in [0.2, 0.25) is 5.91 Å². The van der Waals surface area contributed by atoms with Crippen LogP contribution < -0.4 is 10.6 Å². The van der Waals surface area contributed by atoms with Gasteiger partial charge in [-0.2, -0.15) is 0 Å². The smallest absolute Gasteiger partial charge is 0.233 e. The Morgan fingerprint density at radius 3 is 2.75 bits per heavy atom. The van der Waals surface area contributed by atoms with Crippen molar-refractivity contribution in [3.63, 3.8) is 0 Å². The van der Waals surface area contributed by atoms with Crippen LogP contribution in [0.1, 0.15) is 39.0 Å². The van der Waals surface area contributed by atoms with Crippen LogP contribution in [0.5, 0.6) is 0 Å². The molecule has 1 rings (SSSR count). The molecule has 1 aliphatic rings. The van der Waals surface area contributed by atoms with Crippen LogP contribution >= 0.6 is 0 Å². The van der Waals surface area contributed by atoms with E-state index in [1.54, 1.807) is 0 Å².